The van der Waals surface area contributed by atoms with Crippen LogP contribution in [0.4, 0.5) is 0 Å². The van der Waals surface area contributed by atoms with Crippen LogP contribution in [-0.2, 0) is 0 Å². The molecule has 7 aromatic carbocycles. The van der Waals surface area contributed by atoms with E-state index < -0.39 is 211 Å². The van der Waals surface area contributed by atoms with Crippen molar-refractivity contribution in [3.63, 3.8) is 0 Å². The van der Waals surface area contributed by atoms with Gasteiger partial charge in [0.1, 0.15) is 0 Å². The molecule has 0 amide bonds. The molecule has 0 aliphatic heterocycles. The highest BCUT2D eigenvalue weighted by molar-refractivity contribution is 6.21. The lowest BCUT2D eigenvalue weighted by Crippen LogP contribution is -1.91. The molecule has 0 heterocycles. The van der Waals surface area contributed by atoms with Crippen LogP contribution in [0, 0.1) is 0 Å². The van der Waals surface area contributed by atoms with Crippen molar-refractivity contribution in [3.05, 3.63) is 145 Å². The summed E-state index contributed by atoms with van der Waals surface area (Å²) in [6.45, 7) is 0. The van der Waals surface area contributed by atoms with Crippen LogP contribution < -0.4 is 0 Å². The largest absolute Gasteiger partial charge is 0.0636 e. The summed E-state index contributed by atoms with van der Waals surface area (Å²) in [5.41, 5.74) is -4.50. The molecule has 0 radical (unpaired) electrons. The van der Waals surface area contributed by atoms with Crippen molar-refractivity contribution in [1.82, 2.24) is 0 Å². The van der Waals surface area contributed by atoms with Gasteiger partial charge in [0.25, 0.3) is 0 Å². The van der Waals surface area contributed by atoms with Gasteiger partial charge in [0, 0.05) is 0 Å². The van der Waals surface area contributed by atoms with Crippen LogP contribution in [-0.4, -0.2) is 0 Å². The number of fused-ring (bicyclic) bond motifs is 3. The molecule has 0 spiro atoms. The highest BCUT2D eigenvalue weighted by Gasteiger charge is 2.16. The molecule has 0 aromatic heterocycles. The Bertz CT molecular complexity index is 3080. The topological polar surface area (TPSA) is 0 Å². The minimum absolute atomic E-state index is 0.534. The average Bonchev–Trinajstić information content (AvgIpc) is 3.21. The van der Waals surface area contributed by atoms with Gasteiger partial charge in [0.05, 0.1) is 32.9 Å². The smallest absolute Gasteiger partial charge is 0.0622 e. The molecule has 0 heteroatoms. The molecule has 0 aliphatic rings. The Hall–Kier alpha value is -4.68. The molecule has 0 atom stereocenters. The van der Waals surface area contributed by atoms with Crippen LogP contribution in [0.15, 0.2) is 145 Å². The third kappa shape index (κ3) is 3.39. The van der Waals surface area contributed by atoms with E-state index in [0.29, 0.717) is 0 Å². The first kappa shape index (κ1) is 7.66. The maximum Gasteiger partial charge on any atom is 0.0636 e. The monoisotopic (exact) mass is 480 g/mol. The molecule has 0 aliphatic carbocycles. The molecule has 7 aromatic rings. The van der Waals surface area contributed by atoms with Gasteiger partial charge in [-0.05, 0) is 77.8 Å². The van der Waals surface area contributed by atoms with E-state index in [-0.39, 0.29) is 0 Å². The molecule has 168 valence electrons. The van der Waals surface area contributed by atoms with E-state index in [1.165, 1.54) is 0 Å². The summed E-state index contributed by atoms with van der Waals surface area (Å²) in [5.74, 6) is 0. The fourth-order valence-corrected chi connectivity index (χ4v) is 4.00. The summed E-state index contributed by atoms with van der Waals surface area (Å²) in [6, 6.07) is -21.9. The number of hydrogen-bond acceptors (Lipinski definition) is 0. The van der Waals surface area contributed by atoms with Crippen LogP contribution in [0.5, 0.6) is 0 Å². The van der Waals surface area contributed by atoms with Gasteiger partial charge in [-0.3, -0.25) is 0 Å². The van der Waals surface area contributed by atoms with E-state index in [0.717, 1.165) is 0 Å². The molecular weight excluding hydrogens is 432 g/mol. The van der Waals surface area contributed by atoms with Crippen molar-refractivity contribution in [2.24, 2.45) is 0 Å². The lowest BCUT2D eigenvalue weighted by Gasteiger charge is -2.18. The summed E-state index contributed by atoms with van der Waals surface area (Å²) in [4.78, 5) is 0. The molecule has 0 saturated heterocycles. The van der Waals surface area contributed by atoms with Crippen molar-refractivity contribution >= 4 is 32.3 Å². The highest BCUT2D eigenvalue weighted by Crippen LogP contribution is 2.44. The van der Waals surface area contributed by atoms with Crippen LogP contribution in [0.3, 0.4) is 0 Å². The predicted octanol–water partition coefficient (Wildman–Crippen LogP) is 10.1. The summed E-state index contributed by atoms with van der Waals surface area (Å²) in [7, 11) is 0. The van der Waals surface area contributed by atoms with Gasteiger partial charge < -0.3 is 0 Å². The predicted molar refractivity (Wildman–Crippen MR) is 155 cm³/mol. The Kier molecular flexibility index (Phi) is 1.81. The van der Waals surface area contributed by atoms with Crippen LogP contribution in [0.2, 0.25) is 0 Å². The van der Waals surface area contributed by atoms with E-state index in [1.54, 1.807) is 0 Å². The van der Waals surface area contributed by atoms with Gasteiger partial charge >= 0.3 is 0 Å². The van der Waals surface area contributed by atoms with Crippen LogP contribution >= 0.6 is 0 Å². The molecule has 0 N–H and O–H groups in total. The molecule has 0 nitrogen and oxygen atoms in total. The van der Waals surface area contributed by atoms with E-state index >= 15 is 0 Å². The fraction of sp³-hybridized carbons (Fsp3) is 0. The van der Waals surface area contributed by atoms with Crippen molar-refractivity contribution < 1.29 is 32.9 Å². The number of benzene rings is 7. The summed E-state index contributed by atoms with van der Waals surface area (Å²) >= 11 is 0. The van der Waals surface area contributed by atoms with Gasteiger partial charge in [-0.25, -0.2) is 0 Å². The standard InChI is InChI=1S/C36H24/c1-2-12-26(13-3-1)35-31-17-6-8-19-33(31)36(34-20-9-7-18-32(34)35)30-16-10-15-28(24-30)29-22-21-25-11-4-5-14-27(25)23-29/h1-24H/i1D,2D,3D,4D,5D,6D,7D,8D,9D,10D,11D,12D,13D,14D,15D,16D,17D,18D,19D,20D,21D,22D,23D,24D. The Morgan fingerprint density at radius 3 is 1.44 bits per heavy atom. The van der Waals surface area contributed by atoms with Gasteiger partial charge in [0.15, 0.2) is 0 Å². The Labute approximate surface area is 244 Å². The first-order valence-electron chi connectivity index (χ1n) is 22.5. The van der Waals surface area contributed by atoms with Crippen molar-refractivity contribution in [2.75, 3.05) is 0 Å². The lowest BCUT2D eigenvalue weighted by molar-refractivity contribution is 1.62. The Morgan fingerprint density at radius 2 is 0.778 bits per heavy atom. The molecule has 36 heavy (non-hydrogen) atoms. The summed E-state index contributed by atoms with van der Waals surface area (Å²) < 4.78 is 210. The quantitative estimate of drug-likeness (QED) is 0.221. The molecule has 7 rings (SSSR count). The zero-order valence-electron chi connectivity index (χ0n) is 42.0. The van der Waals surface area contributed by atoms with Crippen molar-refractivity contribution in [1.29, 1.82) is 0 Å². The average molecular weight is 481 g/mol. The minimum Gasteiger partial charge on any atom is -0.0622 e. The molecule has 0 fully saturated rings. The van der Waals surface area contributed by atoms with E-state index in [1.807, 2.05) is 0 Å². The first-order valence-corrected chi connectivity index (χ1v) is 10.5. The summed E-state index contributed by atoms with van der Waals surface area (Å²) in [6.07, 6.45) is 0. The van der Waals surface area contributed by atoms with Gasteiger partial charge in [-0.1, -0.05) is 133 Å². The van der Waals surface area contributed by atoms with E-state index in [2.05, 4.69) is 0 Å². The van der Waals surface area contributed by atoms with E-state index in [9.17, 15) is 4.11 Å². The van der Waals surface area contributed by atoms with E-state index in [4.69, 9.17) is 28.8 Å². The zero-order valence-corrected chi connectivity index (χ0v) is 18.0. The molecule has 0 unspecified atom stereocenters. The maximum absolute atomic E-state index is 9.58. The second kappa shape index (κ2) is 8.52. The first-order chi connectivity index (χ1) is 27.9. The Balaban J connectivity index is 1.86. The van der Waals surface area contributed by atoms with Crippen LogP contribution in [0.1, 0.15) is 32.9 Å². The molecule has 0 bridgehead atoms. The Morgan fingerprint density at radius 1 is 0.306 bits per heavy atom. The SMILES string of the molecule is [2H]c1c([2H])c([2H])c(-c2c3c([2H])c([2H])c([2H])c([2H])c3c(-c3c([2H])c([2H])c([2H])c(-c4c([2H])c([2H])c5c([2H])c([2H])c([2H])c([2H])c5c4[2H])c3[2H])c3c([2H])c([2H])c([2H])c([2H])c23)c([2H])c1[2H]. The second-order valence-corrected chi connectivity index (χ2v) is 7.50. The van der Waals surface area contributed by atoms with Crippen molar-refractivity contribution in [2.45, 2.75) is 0 Å². The maximum atomic E-state index is 9.58. The minimum atomic E-state index is -1.03. The fourth-order valence-electron chi connectivity index (χ4n) is 4.00. The van der Waals surface area contributed by atoms with Gasteiger partial charge in [0.2, 0.25) is 0 Å². The van der Waals surface area contributed by atoms with Gasteiger partial charge in [-0.2, -0.15) is 0 Å². The van der Waals surface area contributed by atoms with Crippen LogP contribution in [0.25, 0.3) is 65.7 Å². The van der Waals surface area contributed by atoms with Gasteiger partial charge in [-0.15, -0.1) is 0 Å². The number of rotatable bonds is 3. The zero-order chi connectivity index (χ0) is 44.8. The summed E-state index contributed by atoms with van der Waals surface area (Å²) in [5, 5.41) is -3.86. The highest BCUT2D eigenvalue weighted by atomic mass is 14.2. The normalized spacial score (nSPS) is 20.7. The van der Waals surface area contributed by atoms with Crippen molar-refractivity contribution in [3.8, 4) is 33.4 Å². The number of hydrogen-bond donors (Lipinski definition) is 0. The second-order valence-electron chi connectivity index (χ2n) is 7.50. The molecule has 0 saturated carbocycles. The third-order valence-corrected chi connectivity index (χ3v) is 5.50. The molecular formula is C36H24. The third-order valence-electron chi connectivity index (χ3n) is 5.50. The lowest BCUT2D eigenvalue weighted by atomic mass is 9.85.